The molecule has 0 aliphatic heterocycles. The van der Waals surface area contributed by atoms with Crippen molar-refractivity contribution in [3.63, 3.8) is 0 Å². The minimum atomic E-state index is -0.392. The number of benzene rings is 1. The number of Topliss-reactive ketones (excluding diaryl/α,β-unsaturated/α-hetero) is 1. The number of amides is 1. The van der Waals surface area contributed by atoms with Gasteiger partial charge in [0.15, 0.2) is 5.78 Å². The van der Waals surface area contributed by atoms with Gasteiger partial charge >= 0.3 is 0 Å². The molecule has 92 valence electrons. The minimum absolute atomic E-state index is 0.159. The predicted octanol–water partition coefficient (Wildman–Crippen LogP) is 2.27. The van der Waals surface area contributed by atoms with E-state index in [-0.39, 0.29) is 18.1 Å². The first-order chi connectivity index (χ1) is 8.08. The Bertz CT molecular complexity index is 396. The molecule has 0 aliphatic carbocycles. The molecular weight excluding hydrogens is 221 g/mol. The van der Waals surface area contributed by atoms with Crippen molar-refractivity contribution < 1.29 is 14.0 Å². The van der Waals surface area contributed by atoms with Gasteiger partial charge in [-0.25, -0.2) is 4.39 Å². The van der Waals surface area contributed by atoms with E-state index in [1.807, 2.05) is 13.8 Å². The van der Waals surface area contributed by atoms with Gasteiger partial charge < -0.3 is 4.90 Å². The summed E-state index contributed by atoms with van der Waals surface area (Å²) in [5.41, 5.74) is 0.368. The number of ketones is 1. The molecule has 0 aromatic heterocycles. The van der Waals surface area contributed by atoms with E-state index in [1.165, 1.54) is 24.3 Å². The lowest BCUT2D eigenvalue weighted by Crippen LogP contribution is -2.32. The third-order valence-corrected chi connectivity index (χ3v) is 2.59. The number of carbonyl (C=O) groups excluding carboxylic acids is 2. The number of halogens is 1. The molecule has 4 heteroatoms. The monoisotopic (exact) mass is 237 g/mol. The molecular formula is C13H16FNO2. The van der Waals surface area contributed by atoms with Gasteiger partial charge in [-0.15, -0.1) is 0 Å². The second-order valence-electron chi connectivity index (χ2n) is 3.67. The Kier molecular flexibility index (Phi) is 4.82. The van der Waals surface area contributed by atoms with E-state index in [9.17, 15) is 14.0 Å². The smallest absolute Gasteiger partial charge is 0.230 e. The number of hydrogen-bond donors (Lipinski definition) is 0. The lowest BCUT2D eigenvalue weighted by atomic mass is 10.1. The highest BCUT2D eigenvalue weighted by molar-refractivity contribution is 6.07. The van der Waals surface area contributed by atoms with Crippen molar-refractivity contribution in [3.05, 3.63) is 35.6 Å². The first-order valence-corrected chi connectivity index (χ1v) is 5.65. The van der Waals surface area contributed by atoms with Crippen LogP contribution in [-0.4, -0.2) is 29.7 Å². The normalized spacial score (nSPS) is 10.1. The van der Waals surface area contributed by atoms with Gasteiger partial charge in [0.2, 0.25) is 5.91 Å². The molecule has 0 saturated carbocycles. The van der Waals surface area contributed by atoms with Crippen LogP contribution >= 0.6 is 0 Å². The minimum Gasteiger partial charge on any atom is -0.343 e. The molecule has 0 spiro atoms. The van der Waals surface area contributed by atoms with Crippen LogP contribution in [0.5, 0.6) is 0 Å². The molecule has 0 saturated heterocycles. The van der Waals surface area contributed by atoms with Crippen LogP contribution in [-0.2, 0) is 4.79 Å². The molecule has 0 fully saturated rings. The lowest BCUT2D eigenvalue weighted by molar-refractivity contribution is -0.129. The Hall–Kier alpha value is -1.71. The maximum Gasteiger partial charge on any atom is 0.230 e. The number of rotatable bonds is 5. The zero-order chi connectivity index (χ0) is 12.8. The average Bonchev–Trinajstić information content (AvgIpc) is 2.31. The Morgan fingerprint density at radius 2 is 1.65 bits per heavy atom. The molecule has 1 amide bonds. The largest absolute Gasteiger partial charge is 0.343 e. The van der Waals surface area contributed by atoms with Gasteiger partial charge in [0.1, 0.15) is 5.82 Å². The Balaban J connectivity index is 2.66. The van der Waals surface area contributed by atoms with Crippen LogP contribution in [0.15, 0.2) is 24.3 Å². The second kappa shape index (κ2) is 6.13. The molecule has 0 atom stereocenters. The van der Waals surface area contributed by atoms with E-state index in [1.54, 1.807) is 4.90 Å². The first-order valence-electron chi connectivity index (χ1n) is 5.65. The highest BCUT2D eigenvalue weighted by Gasteiger charge is 2.15. The van der Waals surface area contributed by atoms with Crippen molar-refractivity contribution in [2.75, 3.05) is 13.1 Å². The summed E-state index contributed by atoms with van der Waals surface area (Å²) in [7, 11) is 0. The van der Waals surface area contributed by atoms with Crippen LogP contribution in [0.25, 0.3) is 0 Å². The average molecular weight is 237 g/mol. The number of nitrogens with zero attached hydrogens (tertiary/aromatic N) is 1. The fourth-order valence-electron chi connectivity index (χ4n) is 1.56. The number of carbonyl (C=O) groups is 2. The topological polar surface area (TPSA) is 37.4 Å². The fraction of sp³-hybridized carbons (Fsp3) is 0.385. The summed E-state index contributed by atoms with van der Waals surface area (Å²) >= 11 is 0. The summed E-state index contributed by atoms with van der Waals surface area (Å²) in [4.78, 5) is 25.0. The fourth-order valence-corrected chi connectivity index (χ4v) is 1.56. The molecule has 0 unspecified atom stereocenters. The van der Waals surface area contributed by atoms with Gasteiger partial charge in [-0.2, -0.15) is 0 Å². The Morgan fingerprint density at radius 3 is 2.12 bits per heavy atom. The molecule has 0 radical (unpaired) electrons. The van der Waals surface area contributed by atoms with Gasteiger partial charge in [-0.1, -0.05) is 0 Å². The van der Waals surface area contributed by atoms with E-state index in [0.717, 1.165) is 0 Å². The summed E-state index contributed by atoms with van der Waals surface area (Å²) in [6, 6.07) is 5.23. The standard InChI is InChI=1S/C13H16FNO2/c1-3-15(4-2)13(17)9-12(16)10-5-7-11(14)8-6-10/h5-8H,3-4,9H2,1-2H3. The van der Waals surface area contributed by atoms with Crippen LogP contribution in [0.1, 0.15) is 30.6 Å². The summed E-state index contributed by atoms with van der Waals surface area (Å²) in [5.74, 6) is -0.858. The van der Waals surface area contributed by atoms with E-state index < -0.39 is 5.82 Å². The second-order valence-corrected chi connectivity index (χ2v) is 3.67. The quantitative estimate of drug-likeness (QED) is 0.582. The third kappa shape index (κ3) is 3.66. The summed E-state index contributed by atoms with van der Waals surface area (Å²) in [6.45, 7) is 4.91. The van der Waals surface area contributed by atoms with Crippen molar-refractivity contribution in [1.82, 2.24) is 4.90 Å². The zero-order valence-corrected chi connectivity index (χ0v) is 10.1. The molecule has 0 heterocycles. The van der Waals surface area contributed by atoms with Crippen LogP contribution in [0.2, 0.25) is 0 Å². The van der Waals surface area contributed by atoms with E-state index in [2.05, 4.69) is 0 Å². The lowest BCUT2D eigenvalue weighted by Gasteiger charge is -2.17. The van der Waals surface area contributed by atoms with Crippen LogP contribution in [0.3, 0.4) is 0 Å². The Labute approximate surface area is 100 Å². The summed E-state index contributed by atoms with van der Waals surface area (Å²) in [6.07, 6.45) is -0.159. The molecule has 3 nitrogen and oxygen atoms in total. The molecule has 17 heavy (non-hydrogen) atoms. The predicted molar refractivity (Wildman–Crippen MR) is 63.3 cm³/mol. The van der Waals surface area contributed by atoms with Crippen LogP contribution in [0, 0.1) is 5.82 Å². The first kappa shape index (κ1) is 13.4. The highest BCUT2D eigenvalue weighted by atomic mass is 19.1. The van der Waals surface area contributed by atoms with Gasteiger partial charge in [0.25, 0.3) is 0 Å². The number of hydrogen-bond acceptors (Lipinski definition) is 2. The van der Waals surface area contributed by atoms with Crippen molar-refractivity contribution in [1.29, 1.82) is 0 Å². The maximum atomic E-state index is 12.7. The van der Waals surface area contributed by atoms with Gasteiger partial charge in [0, 0.05) is 18.7 Å². The van der Waals surface area contributed by atoms with Crippen molar-refractivity contribution in [2.24, 2.45) is 0 Å². The molecule has 1 aromatic carbocycles. The Morgan fingerprint density at radius 1 is 1.12 bits per heavy atom. The third-order valence-electron chi connectivity index (χ3n) is 2.59. The molecule has 1 rings (SSSR count). The van der Waals surface area contributed by atoms with Gasteiger partial charge in [-0.3, -0.25) is 9.59 Å². The molecule has 0 N–H and O–H groups in total. The highest BCUT2D eigenvalue weighted by Crippen LogP contribution is 2.07. The van der Waals surface area contributed by atoms with E-state index >= 15 is 0 Å². The van der Waals surface area contributed by atoms with Crippen LogP contribution < -0.4 is 0 Å². The van der Waals surface area contributed by atoms with Gasteiger partial charge in [0.05, 0.1) is 6.42 Å². The summed E-state index contributed by atoms with van der Waals surface area (Å²) < 4.78 is 12.7. The van der Waals surface area contributed by atoms with E-state index in [4.69, 9.17) is 0 Å². The molecule has 0 bridgehead atoms. The SMILES string of the molecule is CCN(CC)C(=O)CC(=O)c1ccc(F)cc1. The molecule has 1 aromatic rings. The maximum absolute atomic E-state index is 12.7. The summed E-state index contributed by atoms with van der Waals surface area (Å²) in [5, 5.41) is 0. The van der Waals surface area contributed by atoms with Crippen molar-refractivity contribution in [2.45, 2.75) is 20.3 Å². The zero-order valence-electron chi connectivity index (χ0n) is 10.1. The van der Waals surface area contributed by atoms with Crippen molar-refractivity contribution >= 4 is 11.7 Å². The van der Waals surface area contributed by atoms with E-state index in [0.29, 0.717) is 18.7 Å². The van der Waals surface area contributed by atoms with Crippen LogP contribution in [0.4, 0.5) is 4.39 Å². The van der Waals surface area contributed by atoms with Crippen molar-refractivity contribution in [3.8, 4) is 0 Å². The van der Waals surface area contributed by atoms with Gasteiger partial charge in [-0.05, 0) is 38.1 Å². The molecule has 0 aliphatic rings.